The van der Waals surface area contributed by atoms with Crippen molar-refractivity contribution in [3.8, 4) is 5.75 Å². The van der Waals surface area contributed by atoms with E-state index in [1.54, 1.807) is 24.3 Å². The zero-order chi connectivity index (χ0) is 19.3. The van der Waals surface area contributed by atoms with Gasteiger partial charge in [-0.05, 0) is 56.9 Å². The number of carbonyl (C=O) groups is 1. The molecule has 1 atom stereocenters. The predicted molar refractivity (Wildman–Crippen MR) is 101 cm³/mol. The molecule has 2 fully saturated rings. The monoisotopic (exact) mass is 396 g/mol. The van der Waals surface area contributed by atoms with Crippen LogP contribution in [-0.4, -0.2) is 57.6 Å². The van der Waals surface area contributed by atoms with Gasteiger partial charge in [0.15, 0.2) is 0 Å². The molecule has 7 nitrogen and oxygen atoms in total. The van der Waals surface area contributed by atoms with E-state index < -0.39 is 10.0 Å². The van der Waals surface area contributed by atoms with Crippen molar-refractivity contribution < 1.29 is 22.7 Å². The van der Waals surface area contributed by atoms with Crippen LogP contribution in [0.25, 0.3) is 0 Å². The van der Waals surface area contributed by atoms with Gasteiger partial charge in [0.2, 0.25) is 15.9 Å². The fourth-order valence-electron chi connectivity index (χ4n) is 3.55. The molecular weight excluding hydrogens is 368 g/mol. The second kappa shape index (κ2) is 9.03. The Morgan fingerprint density at radius 2 is 1.93 bits per heavy atom. The number of carbonyl (C=O) groups excluding carboxylic acids is 1. The highest BCUT2D eigenvalue weighted by molar-refractivity contribution is 7.89. The number of hydrogen-bond acceptors (Lipinski definition) is 5. The topological polar surface area (TPSA) is 84.9 Å². The number of benzene rings is 1. The van der Waals surface area contributed by atoms with E-state index in [9.17, 15) is 13.2 Å². The van der Waals surface area contributed by atoms with Gasteiger partial charge in [0.1, 0.15) is 5.75 Å². The van der Waals surface area contributed by atoms with E-state index in [1.807, 2.05) is 6.92 Å². The molecule has 0 saturated carbocycles. The second-order valence-electron chi connectivity index (χ2n) is 6.96. The molecule has 1 amide bonds. The lowest BCUT2D eigenvalue weighted by Gasteiger charge is -2.30. The molecule has 2 heterocycles. The number of rotatable bonds is 7. The molecule has 3 rings (SSSR count). The van der Waals surface area contributed by atoms with E-state index >= 15 is 0 Å². The zero-order valence-electron chi connectivity index (χ0n) is 15.7. The molecule has 0 unspecified atom stereocenters. The van der Waals surface area contributed by atoms with Crippen molar-refractivity contribution in [2.75, 3.05) is 32.8 Å². The van der Waals surface area contributed by atoms with Gasteiger partial charge in [0.25, 0.3) is 0 Å². The molecule has 8 heteroatoms. The van der Waals surface area contributed by atoms with Crippen molar-refractivity contribution in [1.82, 2.24) is 9.62 Å². The highest BCUT2D eigenvalue weighted by atomic mass is 32.2. The maximum Gasteiger partial charge on any atom is 0.243 e. The summed E-state index contributed by atoms with van der Waals surface area (Å²) in [5, 5.41) is 2.95. The summed E-state index contributed by atoms with van der Waals surface area (Å²) >= 11 is 0. The minimum Gasteiger partial charge on any atom is -0.494 e. The van der Waals surface area contributed by atoms with Gasteiger partial charge < -0.3 is 14.8 Å². The molecular formula is C19H28N2O5S. The maximum atomic E-state index is 12.8. The summed E-state index contributed by atoms with van der Waals surface area (Å²) in [6.45, 7) is 4.44. The van der Waals surface area contributed by atoms with E-state index in [-0.39, 0.29) is 22.8 Å². The Bertz CT molecular complexity index is 721. The molecule has 2 saturated heterocycles. The Balaban J connectivity index is 1.51. The van der Waals surface area contributed by atoms with Crippen LogP contribution in [0.2, 0.25) is 0 Å². The number of nitrogens with zero attached hydrogens (tertiary/aromatic N) is 1. The Kier molecular flexibility index (Phi) is 6.73. The molecule has 0 bridgehead atoms. The highest BCUT2D eigenvalue weighted by Crippen LogP contribution is 2.25. The Labute approximate surface area is 161 Å². The first-order valence-electron chi connectivity index (χ1n) is 9.63. The van der Waals surface area contributed by atoms with E-state index in [4.69, 9.17) is 9.47 Å². The molecule has 2 aliphatic heterocycles. The van der Waals surface area contributed by atoms with E-state index in [2.05, 4.69) is 5.32 Å². The van der Waals surface area contributed by atoms with Crippen LogP contribution in [-0.2, 0) is 19.6 Å². The van der Waals surface area contributed by atoms with Crippen molar-refractivity contribution in [2.24, 2.45) is 5.92 Å². The summed E-state index contributed by atoms with van der Waals surface area (Å²) in [5.41, 5.74) is 0. The van der Waals surface area contributed by atoms with E-state index in [0.29, 0.717) is 44.8 Å². The third kappa shape index (κ3) is 5.00. The molecule has 1 aromatic carbocycles. The zero-order valence-corrected chi connectivity index (χ0v) is 16.5. The quantitative estimate of drug-likeness (QED) is 0.759. The van der Waals surface area contributed by atoms with E-state index in [0.717, 1.165) is 19.4 Å². The summed E-state index contributed by atoms with van der Waals surface area (Å²) in [7, 11) is -3.54. The molecule has 1 N–H and O–H groups in total. The summed E-state index contributed by atoms with van der Waals surface area (Å²) in [6.07, 6.45) is 3.22. The third-order valence-electron chi connectivity index (χ3n) is 5.13. The molecule has 150 valence electrons. The summed E-state index contributed by atoms with van der Waals surface area (Å²) < 4.78 is 37.9. The molecule has 0 radical (unpaired) electrons. The molecule has 27 heavy (non-hydrogen) atoms. The van der Waals surface area contributed by atoms with Gasteiger partial charge in [0, 0.05) is 32.2 Å². The van der Waals surface area contributed by atoms with Gasteiger partial charge in [-0.15, -0.1) is 0 Å². The highest BCUT2D eigenvalue weighted by Gasteiger charge is 2.32. The number of piperidine rings is 1. The molecule has 0 aliphatic carbocycles. The minimum atomic E-state index is -3.54. The van der Waals surface area contributed by atoms with E-state index in [1.165, 1.54) is 4.31 Å². The van der Waals surface area contributed by atoms with Crippen LogP contribution in [0.3, 0.4) is 0 Å². The van der Waals surface area contributed by atoms with Gasteiger partial charge in [0.05, 0.1) is 17.6 Å². The third-order valence-corrected chi connectivity index (χ3v) is 7.04. The number of sulfonamides is 1. The number of amides is 1. The largest absolute Gasteiger partial charge is 0.494 e. The first-order valence-corrected chi connectivity index (χ1v) is 11.1. The Morgan fingerprint density at radius 1 is 1.22 bits per heavy atom. The summed E-state index contributed by atoms with van der Waals surface area (Å²) in [6, 6.07) is 6.48. The summed E-state index contributed by atoms with van der Waals surface area (Å²) in [5.74, 6) is 0.514. The number of nitrogens with one attached hydrogen (secondary N) is 1. The van der Waals surface area contributed by atoms with Gasteiger partial charge >= 0.3 is 0 Å². The fraction of sp³-hybridized carbons (Fsp3) is 0.632. The number of ether oxygens (including phenoxy) is 2. The van der Waals surface area contributed by atoms with Crippen LogP contribution < -0.4 is 10.1 Å². The lowest BCUT2D eigenvalue weighted by atomic mass is 9.97. The van der Waals surface area contributed by atoms with Gasteiger partial charge in [-0.2, -0.15) is 4.31 Å². The summed E-state index contributed by atoms with van der Waals surface area (Å²) in [4.78, 5) is 12.6. The molecule has 0 spiro atoms. The van der Waals surface area contributed by atoms with Crippen molar-refractivity contribution in [2.45, 2.75) is 43.6 Å². The maximum absolute atomic E-state index is 12.8. The SMILES string of the molecule is CCOc1ccc(S(=O)(=O)N2CCC(C(=O)NC[C@@H]3CCCO3)CC2)cc1. The minimum absolute atomic E-state index is 0.00335. The standard InChI is InChI=1S/C19H28N2O5S/c1-2-25-16-5-7-18(8-6-16)27(23,24)21-11-9-15(10-12-21)19(22)20-14-17-4-3-13-26-17/h5-8,15,17H,2-4,9-14H2,1H3,(H,20,22)/t17-/m0/s1. The smallest absolute Gasteiger partial charge is 0.243 e. The average molecular weight is 397 g/mol. The molecule has 2 aliphatic rings. The van der Waals surface area contributed by atoms with Crippen LogP contribution in [0.4, 0.5) is 0 Å². The second-order valence-corrected chi connectivity index (χ2v) is 8.90. The average Bonchev–Trinajstić information content (AvgIpc) is 3.20. The van der Waals surface area contributed by atoms with Crippen molar-refractivity contribution in [3.05, 3.63) is 24.3 Å². The van der Waals surface area contributed by atoms with Crippen LogP contribution in [0, 0.1) is 5.92 Å². The number of hydrogen-bond donors (Lipinski definition) is 1. The molecule has 0 aromatic heterocycles. The first kappa shape index (κ1) is 20.1. The lowest BCUT2D eigenvalue weighted by Crippen LogP contribution is -2.44. The van der Waals surface area contributed by atoms with Gasteiger partial charge in [-0.1, -0.05) is 0 Å². The normalized spacial score (nSPS) is 21.9. The van der Waals surface area contributed by atoms with Crippen LogP contribution >= 0.6 is 0 Å². The molecule has 1 aromatic rings. The lowest BCUT2D eigenvalue weighted by molar-refractivity contribution is -0.126. The Hall–Kier alpha value is -1.64. The predicted octanol–water partition coefficient (Wildman–Crippen LogP) is 1.78. The van der Waals surface area contributed by atoms with Gasteiger partial charge in [-0.3, -0.25) is 4.79 Å². The Morgan fingerprint density at radius 3 is 2.52 bits per heavy atom. The van der Waals surface area contributed by atoms with Crippen molar-refractivity contribution in [1.29, 1.82) is 0 Å². The van der Waals surface area contributed by atoms with Crippen molar-refractivity contribution >= 4 is 15.9 Å². The van der Waals surface area contributed by atoms with Crippen LogP contribution in [0.15, 0.2) is 29.2 Å². The first-order chi connectivity index (χ1) is 13.0. The van der Waals surface area contributed by atoms with Crippen LogP contribution in [0.5, 0.6) is 5.75 Å². The van der Waals surface area contributed by atoms with Gasteiger partial charge in [-0.25, -0.2) is 8.42 Å². The van der Waals surface area contributed by atoms with Crippen molar-refractivity contribution in [3.63, 3.8) is 0 Å². The fourth-order valence-corrected chi connectivity index (χ4v) is 5.02. The van der Waals surface area contributed by atoms with Crippen LogP contribution in [0.1, 0.15) is 32.6 Å².